The minimum Gasteiger partial charge on any atom is -0.426 e. The van der Waals surface area contributed by atoms with E-state index in [-0.39, 0.29) is 11.9 Å². The topological polar surface area (TPSA) is 31.2 Å². The second-order valence-electron chi connectivity index (χ2n) is 5.27. The van der Waals surface area contributed by atoms with Crippen molar-refractivity contribution in [2.45, 2.75) is 33.6 Å². The standard InChI is InChI=1S/C16H17NO2/c1-9-7-13-12(4)16(18)19-15(13)8-14(9)17-10(2)5-6-11(17)3/h5-8,12H,1-4H3. The van der Waals surface area contributed by atoms with E-state index in [4.69, 9.17) is 4.74 Å². The quantitative estimate of drug-likeness (QED) is 0.577. The van der Waals surface area contributed by atoms with Gasteiger partial charge in [-0.15, -0.1) is 0 Å². The van der Waals surface area contributed by atoms with Crippen molar-refractivity contribution in [2.75, 3.05) is 0 Å². The predicted octanol–water partition coefficient (Wildman–Crippen LogP) is 3.43. The van der Waals surface area contributed by atoms with Crippen molar-refractivity contribution in [3.05, 3.63) is 46.8 Å². The monoisotopic (exact) mass is 255 g/mol. The maximum absolute atomic E-state index is 11.6. The first-order valence-electron chi connectivity index (χ1n) is 6.50. The van der Waals surface area contributed by atoms with Crippen LogP contribution in [0.2, 0.25) is 0 Å². The minimum absolute atomic E-state index is 0.158. The number of esters is 1. The highest BCUT2D eigenvalue weighted by Gasteiger charge is 2.30. The number of carbonyl (C=O) groups is 1. The summed E-state index contributed by atoms with van der Waals surface area (Å²) in [4.78, 5) is 11.6. The van der Waals surface area contributed by atoms with Crippen LogP contribution in [0.1, 0.15) is 35.4 Å². The summed E-state index contributed by atoms with van der Waals surface area (Å²) in [5, 5.41) is 0. The zero-order valence-corrected chi connectivity index (χ0v) is 11.7. The molecule has 0 fully saturated rings. The fourth-order valence-electron chi connectivity index (χ4n) is 2.74. The molecule has 3 heteroatoms. The van der Waals surface area contributed by atoms with Crippen molar-refractivity contribution in [2.24, 2.45) is 0 Å². The van der Waals surface area contributed by atoms with E-state index in [1.165, 1.54) is 11.4 Å². The minimum atomic E-state index is -0.160. The Labute approximate surface area is 112 Å². The molecule has 0 aliphatic carbocycles. The maximum atomic E-state index is 11.6. The van der Waals surface area contributed by atoms with Crippen molar-refractivity contribution in [3.63, 3.8) is 0 Å². The lowest BCUT2D eigenvalue weighted by molar-refractivity contribution is -0.133. The molecular formula is C16H17NO2. The zero-order chi connectivity index (χ0) is 13.7. The van der Waals surface area contributed by atoms with Crippen molar-refractivity contribution in [3.8, 4) is 11.4 Å². The van der Waals surface area contributed by atoms with E-state index in [0.717, 1.165) is 16.8 Å². The lowest BCUT2D eigenvalue weighted by Crippen LogP contribution is -2.05. The van der Waals surface area contributed by atoms with Crippen LogP contribution in [0, 0.1) is 20.8 Å². The molecule has 1 aliphatic heterocycles. The smallest absolute Gasteiger partial charge is 0.318 e. The molecule has 98 valence electrons. The van der Waals surface area contributed by atoms with Crippen LogP contribution in [0.5, 0.6) is 5.75 Å². The summed E-state index contributed by atoms with van der Waals surface area (Å²) in [5.41, 5.74) is 5.59. The van der Waals surface area contributed by atoms with E-state index in [9.17, 15) is 4.79 Å². The summed E-state index contributed by atoms with van der Waals surface area (Å²) in [7, 11) is 0. The maximum Gasteiger partial charge on any atom is 0.318 e. The van der Waals surface area contributed by atoms with E-state index in [1.54, 1.807) is 0 Å². The van der Waals surface area contributed by atoms with Crippen molar-refractivity contribution in [1.29, 1.82) is 0 Å². The van der Waals surface area contributed by atoms with Crippen LogP contribution in [-0.4, -0.2) is 10.5 Å². The third-order valence-electron chi connectivity index (χ3n) is 3.87. The third kappa shape index (κ3) is 1.69. The zero-order valence-electron chi connectivity index (χ0n) is 11.7. The van der Waals surface area contributed by atoms with Gasteiger partial charge in [-0.2, -0.15) is 0 Å². The van der Waals surface area contributed by atoms with Crippen molar-refractivity contribution < 1.29 is 9.53 Å². The first-order valence-corrected chi connectivity index (χ1v) is 6.50. The van der Waals surface area contributed by atoms with Gasteiger partial charge in [0.2, 0.25) is 0 Å². The average Bonchev–Trinajstić information content (AvgIpc) is 2.82. The first-order chi connectivity index (χ1) is 8.99. The molecular weight excluding hydrogens is 238 g/mol. The normalized spacial score (nSPS) is 17.5. The summed E-state index contributed by atoms with van der Waals surface area (Å²) < 4.78 is 7.53. The molecule has 0 saturated carbocycles. The van der Waals surface area contributed by atoms with Gasteiger partial charge in [-0.05, 0) is 51.5 Å². The molecule has 0 bridgehead atoms. The second-order valence-corrected chi connectivity index (χ2v) is 5.27. The van der Waals surface area contributed by atoms with Gasteiger partial charge in [0.05, 0.1) is 11.6 Å². The summed E-state index contributed by atoms with van der Waals surface area (Å²) in [6.45, 7) is 8.12. The van der Waals surface area contributed by atoms with Gasteiger partial charge < -0.3 is 9.30 Å². The Morgan fingerprint density at radius 1 is 1.11 bits per heavy atom. The molecule has 1 unspecified atom stereocenters. The lowest BCUT2D eigenvalue weighted by Gasteiger charge is -2.14. The Balaban J connectivity index is 2.21. The summed E-state index contributed by atoms with van der Waals surface area (Å²) in [5.74, 6) is 0.382. The molecule has 2 heterocycles. The molecule has 19 heavy (non-hydrogen) atoms. The van der Waals surface area contributed by atoms with Crippen LogP contribution in [0.3, 0.4) is 0 Å². The van der Waals surface area contributed by atoms with Crippen LogP contribution in [0.15, 0.2) is 24.3 Å². The molecule has 1 aromatic heterocycles. The molecule has 1 atom stereocenters. The number of hydrogen-bond donors (Lipinski definition) is 0. The van der Waals surface area contributed by atoms with E-state index < -0.39 is 0 Å². The Morgan fingerprint density at radius 2 is 1.74 bits per heavy atom. The number of carbonyl (C=O) groups excluding carboxylic acids is 1. The van der Waals surface area contributed by atoms with E-state index >= 15 is 0 Å². The first kappa shape index (κ1) is 12.0. The van der Waals surface area contributed by atoms with Crippen LogP contribution in [0.4, 0.5) is 0 Å². The molecule has 1 aliphatic rings. The highest BCUT2D eigenvalue weighted by atomic mass is 16.5. The van der Waals surface area contributed by atoms with Crippen LogP contribution in [-0.2, 0) is 4.79 Å². The third-order valence-corrected chi connectivity index (χ3v) is 3.87. The molecule has 0 spiro atoms. The fourth-order valence-corrected chi connectivity index (χ4v) is 2.74. The molecule has 0 saturated heterocycles. The number of nitrogens with zero attached hydrogens (tertiary/aromatic N) is 1. The number of fused-ring (bicyclic) bond motifs is 1. The Morgan fingerprint density at radius 3 is 2.37 bits per heavy atom. The molecule has 3 nitrogen and oxygen atoms in total. The van der Waals surface area contributed by atoms with Crippen LogP contribution >= 0.6 is 0 Å². The number of ether oxygens (including phenoxy) is 1. The van der Waals surface area contributed by atoms with Gasteiger partial charge in [-0.3, -0.25) is 4.79 Å². The number of hydrogen-bond acceptors (Lipinski definition) is 2. The summed E-state index contributed by atoms with van der Waals surface area (Å²) in [6.07, 6.45) is 0. The van der Waals surface area contributed by atoms with E-state index in [1.807, 2.05) is 13.0 Å². The van der Waals surface area contributed by atoms with Crippen molar-refractivity contribution in [1.82, 2.24) is 4.57 Å². The number of aromatic nitrogens is 1. The van der Waals surface area contributed by atoms with Gasteiger partial charge in [0.25, 0.3) is 0 Å². The van der Waals surface area contributed by atoms with Gasteiger partial charge in [0.15, 0.2) is 0 Å². The summed E-state index contributed by atoms with van der Waals surface area (Å²) >= 11 is 0. The molecule has 0 amide bonds. The highest BCUT2D eigenvalue weighted by molar-refractivity contribution is 5.86. The molecule has 0 N–H and O–H groups in total. The van der Waals surface area contributed by atoms with Gasteiger partial charge >= 0.3 is 5.97 Å². The molecule has 2 aromatic rings. The second kappa shape index (κ2) is 3.98. The van der Waals surface area contributed by atoms with Gasteiger partial charge in [0, 0.05) is 23.0 Å². The Hall–Kier alpha value is -2.03. The van der Waals surface area contributed by atoms with Gasteiger partial charge in [-0.25, -0.2) is 0 Å². The van der Waals surface area contributed by atoms with Crippen LogP contribution < -0.4 is 4.74 Å². The number of rotatable bonds is 1. The van der Waals surface area contributed by atoms with Gasteiger partial charge in [-0.1, -0.05) is 0 Å². The average molecular weight is 255 g/mol. The van der Waals surface area contributed by atoms with E-state index in [0.29, 0.717) is 5.75 Å². The Kier molecular flexibility index (Phi) is 2.52. The Bertz CT molecular complexity index is 663. The fraction of sp³-hybridized carbons (Fsp3) is 0.312. The molecule has 3 rings (SSSR count). The van der Waals surface area contributed by atoms with Gasteiger partial charge in [0.1, 0.15) is 5.75 Å². The molecule has 0 radical (unpaired) electrons. The number of aryl methyl sites for hydroxylation is 3. The highest BCUT2D eigenvalue weighted by Crippen LogP contribution is 2.38. The SMILES string of the molecule is Cc1cc2c(cc1-n1c(C)ccc1C)OC(=O)C2C. The largest absolute Gasteiger partial charge is 0.426 e. The lowest BCUT2D eigenvalue weighted by atomic mass is 9.99. The summed E-state index contributed by atoms with van der Waals surface area (Å²) in [6, 6.07) is 8.23. The molecule has 1 aromatic carbocycles. The van der Waals surface area contributed by atoms with Crippen molar-refractivity contribution >= 4 is 5.97 Å². The number of benzene rings is 1. The van der Waals surface area contributed by atoms with E-state index in [2.05, 4.69) is 43.5 Å². The van der Waals surface area contributed by atoms with Crippen LogP contribution in [0.25, 0.3) is 5.69 Å². The predicted molar refractivity (Wildman–Crippen MR) is 74.0 cm³/mol.